The number of nitrogens with zero attached hydrogens (tertiary/aromatic N) is 3. The van der Waals surface area contributed by atoms with Crippen LogP contribution in [0.4, 0.5) is 0 Å². The average Bonchev–Trinajstić information content (AvgIpc) is 2.99. The van der Waals surface area contributed by atoms with Crippen LogP contribution in [0.1, 0.15) is 37.3 Å². The number of hydrogen-bond acceptors (Lipinski definition) is 3. The van der Waals surface area contributed by atoms with Crippen LogP contribution in [0.25, 0.3) is 5.82 Å². The maximum Gasteiger partial charge on any atom is 0.171 e. The van der Waals surface area contributed by atoms with Gasteiger partial charge in [0, 0.05) is 24.0 Å². The highest BCUT2D eigenvalue weighted by atomic mass is 32.1. The van der Waals surface area contributed by atoms with E-state index in [1.54, 1.807) is 18.6 Å². The Balaban J connectivity index is 1.99. The predicted octanol–water partition coefficient (Wildman–Crippen LogP) is 2.98. The van der Waals surface area contributed by atoms with E-state index in [0.717, 1.165) is 10.5 Å². The minimum atomic E-state index is 0.634. The van der Waals surface area contributed by atoms with Crippen molar-refractivity contribution in [3.05, 3.63) is 35.0 Å². The Bertz CT molecular complexity index is 551. The molecule has 1 aliphatic rings. The topological polar surface area (TPSA) is 46.5 Å². The zero-order valence-electron chi connectivity index (χ0n) is 9.47. The molecule has 0 aromatic carbocycles. The minimum absolute atomic E-state index is 0.634. The van der Waals surface area contributed by atoms with Crippen LogP contribution in [-0.4, -0.2) is 19.7 Å². The highest BCUT2D eigenvalue weighted by molar-refractivity contribution is 7.71. The van der Waals surface area contributed by atoms with Gasteiger partial charge in [-0.2, -0.15) is 0 Å². The quantitative estimate of drug-likeness (QED) is 0.829. The summed E-state index contributed by atoms with van der Waals surface area (Å²) in [4.78, 5) is 8.31. The second-order valence-corrected chi connectivity index (χ2v) is 4.85. The zero-order valence-corrected chi connectivity index (χ0v) is 10.3. The average molecular weight is 246 g/mol. The Morgan fingerprint density at radius 3 is 2.82 bits per heavy atom. The molecule has 88 valence electrons. The Labute approximate surface area is 105 Å². The van der Waals surface area contributed by atoms with Gasteiger partial charge in [-0.25, -0.2) is 9.67 Å². The Hall–Kier alpha value is -1.49. The van der Waals surface area contributed by atoms with Crippen molar-refractivity contribution in [3.63, 3.8) is 0 Å². The van der Waals surface area contributed by atoms with E-state index in [1.807, 2.05) is 4.68 Å². The Kier molecular flexibility index (Phi) is 2.76. The molecule has 0 bridgehead atoms. The number of H-pyrrole nitrogens is 1. The molecule has 5 heteroatoms. The third-order valence-electron chi connectivity index (χ3n) is 3.31. The summed E-state index contributed by atoms with van der Waals surface area (Å²) in [5.74, 6) is 1.39. The molecule has 1 fully saturated rings. The molecule has 4 nitrogen and oxygen atoms in total. The van der Waals surface area contributed by atoms with Gasteiger partial charge in [0.2, 0.25) is 0 Å². The molecule has 1 saturated carbocycles. The monoisotopic (exact) mass is 246 g/mol. The number of nitrogens with one attached hydrogen (secondary N) is 1. The molecular weight excluding hydrogens is 232 g/mol. The van der Waals surface area contributed by atoms with Gasteiger partial charge < -0.3 is 0 Å². The predicted molar refractivity (Wildman–Crippen MR) is 67.8 cm³/mol. The van der Waals surface area contributed by atoms with E-state index in [4.69, 9.17) is 12.2 Å². The highest BCUT2D eigenvalue weighted by Gasteiger charge is 2.19. The van der Waals surface area contributed by atoms with Gasteiger partial charge in [-0.1, -0.05) is 25.1 Å². The van der Waals surface area contributed by atoms with Crippen molar-refractivity contribution in [1.29, 1.82) is 0 Å². The van der Waals surface area contributed by atoms with Crippen molar-refractivity contribution < 1.29 is 0 Å². The molecule has 2 aromatic heterocycles. The van der Waals surface area contributed by atoms with Crippen LogP contribution >= 0.6 is 12.2 Å². The van der Waals surface area contributed by atoms with Crippen LogP contribution in [0.3, 0.4) is 0 Å². The third-order valence-corrected chi connectivity index (χ3v) is 3.61. The number of rotatable bonds is 2. The van der Waals surface area contributed by atoms with Gasteiger partial charge in [-0.3, -0.25) is 10.1 Å². The third kappa shape index (κ3) is 2.02. The Morgan fingerprint density at radius 1 is 1.29 bits per heavy atom. The minimum Gasteiger partial charge on any atom is -0.295 e. The second kappa shape index (κ2) is 4.41. The van der Waals surface area contributed by atoms with Crippen LogP contribution in [0.15, 0.2) is 24.7 Å². The van der Waals surface area contributed by atoms with Crippen LogP contribution in [0, 0.1) is 4.64 Å². The van der Waals surface area contributed by atoms with E-state index in [1.165, 1.54) is 31.4 Å². The fourth-order valence-corrected chi connectivity index (χ4v) is 2.70. The van der Waals surface area contributed by atoms with Crippen LogP contribution in [0.2, 0.25) is 0 Å². The lowest BCUT2D eigenvalue weighted by Gasteiger charge is -2.05. The lowest BCUT2D eigenvalue weighted by atomic mass is 10.1. The normalized spacial score (nSPS) is 16.5. The number of aromatic nitrogens is 4. The first-order chi connectivity index (χ1) is 8.34. The maximum atomic E-state index is 5.35. The lowest BCUT2D eigenvalue weighted by Crippen LogP contribution is -2.01. The first-order valence-corrected chi connectivity index (χ1v) is 6.34. The fourth-order valence-electron chi connectivity index (χ4n) is 2.44. The van der Waals surface area contributed by atoms with Gasteiger partial charge in [-0.05, 0) is 18.9 Å². The van der Waals surface area contributed by atoms with E-state index in [2.05, 4.69) is 21.1 Å². The number of hydrogen-bond donors (Lipinski definition) is 1. The summed E-state index contributed by atoms with van der Waals surface area (Å²) in [5.41, 5.74) is 1.23. The fraction of sp³-hybridized carbons (Fsp3) is 0.417. The molecule has 0 unspecified atom stereocenters. The van der Waals surface area contributed by atoms with Gasteiger partial charge in [0.25, 0.3) is 0 Å². The van der Waals surface area contributed by atoms with Gasteiger partial charge >= 0.3 is 0 Å². The van der Waals surface area contributed by atoms with E-state index in [0.29, 0.717) is 5.92 Å². The summed E-state index contributed by atoms with van der Waals surface area (Å²) in [6.07, 6.45) is 10.2. The van der Waals surface area contributed by atoms with Crippen LogP contribution < -0.4 is 0 Å². The molecule has 0 aliphatic heterocycles. The van der Waals surface area contributed by atoms with Crippen molar-refractivity contribution in [1.82, 2.24) is 19.7 Å². The van der Waals surface area contributed by atoms with Crippen LogP contribution in [-0.2, 0) is 0 Å². The summed E-state index contributed by atoms with van der Waals surface area (Å²) in [6, 6.07) is 2.06. The molecule has 0 amide bonds. The van der Waals surface area contributed by atoms with E-state index >= 15 is 0 Å². The molecule has 2 aromatic rings. The van der Waals surface area contributed by atoms with Gasteiger partial charge in [-0.15, -0.1) is 0 Å². The van der Waals surface area contributed by atoms with Gasteiger partial charge in [0.1, 0.15) is 4.64 Å². The van der Waals surface area contributed by atoms with E-state index in [-0.39, 0.29) is 0 Å². The first kappa shape index (κ1) is 10.7. The van der Waals surface area contributed by atoms with Crippen LogP contribution in [0.5, 0.6) is 0 Å². The summed E-state index contributed by atoms with van der Waals surface area (Å²) in [6.45, 7) is 0. The Morgan fingerprint density at radius 2 is 2.12 bits per heavy atom. The van der Waals surface area contributed by atoms with E-state index in [9.17, 15) is 0 Å². The summed E-state index contributed by atoms with van der Waals surface area (Å²) < 4.78 is 2.60. The second-order valence-electron chi connectivity index (χ2n) is 4.43. The smallest absolute Gasteiger partial charge is 0.171 e. The summed E-state index contributed by atoms with van der Waals surface area (Å²) in [7, 11) is 0. The molecule has 0 spiro atoms. The zero-order chi connectivity index (χ0) is 11.7. The molecule has 0 saturated heterocycles. The molecule has 0 atom stereocenters. The van der Waals surface area contributed by atoms with E-state index < -0.39 is 0 Å². The molecule has 0 radical (unpaired) electrons. The molecule has 1 aliphatic carbocycles. The highest BCUT2D eigenvalue weighted by Crippen LogP contribution is 2.33. The van der Waals surface area contributed by atoms with Crippen molar-refractivity contribution in [2.24, 2.45) is 0 Å². The van der Waals surface area contributed by atoms with Crippen molar-refractivity contribution in [2.45, 2.75) is 31.6 Å². The standard InChI is InChI=1S/C12H14N4S/c17-12-7-10(9-3-1-2-4-9)15-16(12)11-8-13-5-6-14-11/h5-9,15H,1-4H2. The van der Waals surface area contributed by atoms with Gasteiger partial charge in [0.15, 0.2) is 5.82 Å². The molecule has 17 heavy (non-hydrogen) atoms. The van der Waals surface area contributed by atoms with Gasteiger partial charge in [0.05, 0.1) is 6.20 Å². The summed E-state index contributed by atoms with van der Waals surface area (Å²) >= 11 is 5.35. The summed E-state index contributed by atoms with van der Waals surface area (Å²) in [5, 5.41) is 3.35. The maximum absolute atomic E-state index is 5.35. The number of aromatic amines is 1. The van der Waals surface area contributed by atoms with Crippen molar-refractivity contribution in [3.8, 4) is 5.82 Å². The van der Waals surface area contributed by atoms with Crippen molar-refractivity contribution in [2.75, 3.05) is 0 Å². The molecular formula is C12H14N4S. The molecule has 1 N–H and O–H groups in total. The first-order valence-electron chi connectivity index (χ1n) is 5.93. The SMILES string of the molecule is S=c1cc(C2CCCC2)[nH]n1-c1cnccn1. The molecule has 3 rings (SSSR count). The van der Waals surface area contributed by atoms with Crippen molar-refractivity contribution >= 4 is 12.2 Å². The molecule has 2 heterocycles. The largest absolute Gasteiger partial charge is 0.295 e. The lowest BCUT2D eigenvalue weighted by molar-refractivity contribution is 0.674.